The number of benzene rings is 1. The first kappa shape index (κ1) is 11.7. The molecule has 1 unspecified atom stereocenters. The van der Waals surface area contributed by atoms with Crippen LogP contribution < -0.4 is 5.32 Å². The highest BCUT2D eigenvalue weighted by atomic mass is 19.1. The molecule has 0 aromatic heterocycles. The quantitative estimate of drug-likeness (QED) is 0.749. The molecule has 1 aromatic rings. The highest BCUT2D eigenvalue weighted by Crippen LogP contribution is 2.12. The van der Waals surface area contributed by atoms with Crippen LogP contribution in [0.1, 0.15) is 12.0 Å². The molecule has 1 aromatic carbocycles. The summed E-state index contributed by atoms with van der Waals surface area (Å²) < 4.78 is 25.9. The van der Waals surface area contributed by atoms with E-state index in [1.54, 1.807) is 7.05 Å². The average Bonchev–Trinajstić information content (AvgIpc) is 2.21. The van der Waals surface area contributed by atoms with Gasteiger partial charge in [0.1, 0.15) is 11.6 Å². The number of likely N-dealkylation sites (N-methyl/N-ethyl adjacent to an activating group) is 1. The van der Waals surface area contributed by atoms with Crippen molar-refractivity contribution in [1.29, 1.82) is 0 Å². The first-order chi connectivity index (χ1) is 7.17. The van der Waals surface area contributed by atoms with E-state index in [1.807, 2.05) is 0 Å². The van der Waals surface area contributed by atoms with Crippen LogP contribution in [0.2, 0.25) is 0 Å². The van der Waals surface area contributed by atoms with E-state index in [0.717, 1.165) is 6.07 Å². The van der Waals surface area contributed by atoms with E-state index in [0.29, 0.717) is 18.4 Å². The molecule has 0 radical (unpaired) electrons. The first-order valence-electron chi connectivity index (χ1n) is 4.72. The molecule has 1 atom stereocenters. The number of halogens is 2. The summed E-state index contributed by atoms with van der Waals surface area (Å²) in [5.74, 6) is 1.43. The minimum Gasteiger partial charge on any atom is -0.316 e. The summed E-state index contributed by atoms with van der Waals surface area (Å²) >= 11 is 0. The second-order valence-corrected chi connectivity index (χ2v) is 3.33. The average molecular weight is 209 g/mol. The Kier molecular flexibility index (Phi) is 4.26. The van der Waals surface area contributed by atoms with Gasteiger partial charge in [0, 0.05) is 18.5 Å². The molecule has 80 valence electrons. The normalized spacial score (nSPS) is 12.1. The predicted octanol–water partition coefficient (Wildman–Crippen LogP) is 2.12. The molecule has 0 aliphatic carbocycles. The van der Waals surface area contributed by atoms with Crippen LogP contribution in [0.3, 0.4) is 0 Å². The van der Waals surface area contributed by atoms with Crippen LogP contribution in [0.4, 0.5) is 8.78 Å². The van der Waals surface area contributed by atoms with Crippen LogP contribution in [-0.4, -0.2) is 13.1 Å². The molecule has 0 aliphatic heterocycles. The summed E-state index contributed by atoms with van der Waals surface area (Å²) in [4.78, 5) is 0. The molecule has 0 amide bonds. The van der Waals surface area contributed by atoms with Gasteiger partial charge in [0.05, 0.1) is 0 Å². The van der Waals surface area contributed by atoms with Crippen LogP contribution >= 0.6 is 0 Å². The first-order valence-corrected chi connectivity index (χ1v) is 4.72. The zero-order chi connectivity index (χ0) is 11.3. The molecule has 1 N–H and O–H groups in total. The third-order valence-corrected chi connectivity index (χ3v) is 2.25. The maximum Gasteiger partial charge on any atom is 0.129 e. The van der Waals surface area contributed by atoms with E-state index in [-0.39, 0.29) is 6.04 Å². The third-order valence-electron chi connectivity index (χ3n) is 2.25. The van der Waals surface area contributed by atoms with Gasteiger partial charge in [-0.05, 0) is 25.1 Å². The van der Waals surface area contributed by atoms with E-state index < -0.39 is 11.6 Å². The number of rotatable bonds is 4. The maximum atomic E-state index is 13.3. The van der Waals surface area contributed by atoms with E-state index in [4.69, 9.17) is 6.42 Å². The summed E-state index contributed by atoms with van der Waals surface area (Å²) in [6, 6.07) is 3.61. The molecule has 0 spiro atoms. The van der Waals surface area contributed by atoms with Crippen molar-refractivity contribution in [3.05, 3.63) is 35.4 Å². The van der Waals surface area contributed by atoms with Crippen molar-refractivity contribution in [3.63, 3.8) is 0 Å². The zero-order valence-corrected chi connectivity index (χ0v) is 8.56. The van der Waals surface area contributed by atoms with Crippen molar-refractivity contribution in [3.8, 4) is 12.3 Å². The predicted molar refractivity (Wildman–Crippen MR) is 56.4 cm³/mol. The van der Waals surface area contributed by atoms with Gasteiger partial charge < -0.3 is 5.32 Å². The summed E-state index contributed by atoms with van der Waals surface area (Å²) in [7, 11) is 1.77. The fourth-order valence-corrected chi connectivity index (χ4v) is 1.37. The SMILES string of the molecule is C#CCC(Cc1ccc(F)cc1F)NC. The molecule has 0 saturated heterocycles. The minimum atomic E-state index is -0.561. The molecule has 1 rings (SSSR count). The molecule has 1 nitrogen and oxygen atoms in total. The van der Waals surface area contributed by atoms with Gasteiger partial charge in [0.2, 0.25) is 0 Å². The van der Waals surface area contributed by atoms with Gasteiger partial charge in [0.25, 0.3) is 0 Å². The van der Waals surface area contributed by atoms with Gasteiger partial charge in [-0.15, -0.1) is 12.3 Å². The van der Waals surface area contributed by atoms with Crippen molar-refractivity contribution in [2.75, 3.05) is 7.05 Å². The largest absolute Gasteiger partial charge is 0.316 e. The second-order valence-electron chi connectivity index (χ2n) is 3.33. The lowest BCUT2D eigenvalue weighted by Crippen LogP contribution is -2.27. The van der Waals surface area contributed by atoms with Crippen molar-refractivity contribution in [2.45, 2.75) is 18.9 Å². The van der Waals surface area contributed by atoms with Gasteiger partial charge in [-0.1, -0.05) is 6.07 Å². The standard InChI is InChI=1S/C12H13F2N/c1-3-4-11(15-2)7-9-5-6-10(13)8-12(9)14/h1,5-6,8,11,15H,4,7H2,2H3. The summed E-state index contributed by atoms with van der Waals surface area (Å²) in [5.41, 5.74) is 0.478. The second kappa shape index (κ2) is 5.47. The lowest BCUT2D eigenvalue weighted by molar-refractivity contribution is 0.533. The molecule has 0 aliphatic rings. The number of nitrogens with one attached hydrogen (secondary N) is 1. The van der Waals surface area contributed by atoms with Crippen molar-refractivity contribution < 1.29 is 8.78 Å². The van der Waals surface area contributed by atoms with E-state index in [1.165, 1.54) is 12.1 Å². The van der Waals surface area contributed by atoms with Gasteiger partial charge in [-0.3, -0.25) is 0 Å². The molecule has 0 fully saturated rings. The fourth-order valence-electron chi connectivity index (χ4n) is 1.37. The highest BCUT2D eigenvalue weighted by molar-refractivity contribution is 5.20. The molecule has 3 heteroatoms. The minimum absolute atomic E-state index is 0.0231. The van der Waals surface area contributed by atoms with E-state index >= 15 is 0 Å². The van der Waals surface area contributed by atoms with Crippen LogP contribution in [0.5, 0.6) is 0 Å². The number of hydrogen-bond donors (Lipinski definition) is 1. The molecular weight excluding hydrogens is 196 g/mol. The zero-order valence-electron chi connectivity index (χ0n) is 8.56. The van der Waals surface area contributed by atoms with E-state index in [9.17, 15) is 8.78 Å². The fraction of sp³-hybridized carbons (Fsp3) is 0.333. The highest BCUT2D eigenvalue weighted by Gasteiger charge is 2.10. The smallest absolute Gasteiger partial charge is 0.129 e. The number of terminal acetylenes is 1. The van der Waals surface area contributed by atoms with Gasteiger partial charge in [-0.2, -0.15) is 0 Å². The third kappa shape index (κ3) is 3.34. The number of hydrogen-bond acceptors (Lipinski definition) is 1. The van der Waals surface area contributed by atoms with Crippen LogP contribution in [0.15, 0.2) is 18.2 Å². The van der Waals surface area contributed by atoms with Crippen LogP contribution in [0.25, 0.3) is 0 Å². The molecule has 0 heterocycles. The Bertz CT molecular complexity index is 368. The monoisotopic (exact) mass is 209 g/mol. The Balaban J connectivity index is 2.75. The molecular formula is C12H13F2N. The van der Waals surface area contributed by atoms with Crippen LogP contribution in [0, 0.1) is 24.0 Å². The van der Waals surface area contributed by atoms with Gasteiger partial charge in [0.15, 0.2) is 0 Å². The Morgan fingerprint density at radius 3 is 2.73 bits per heavy atom. The Labute approximate surface area is 88.5 Å². The lowest BCUT2D eigenvalue weighted by atomic mass is 10.0. The van der Waals surface area contributed by atoms with Crippen molar-refractivity contribution in [2.24, 2.45) is 0 Å². The van der Waals surface area contributed by atoms with Crippen molar-refractivity contribution in [1.82, 2.24) is 5.32 Å². The Morgan fingerprint density at radius 2 is 2.20 bits per heavy atom. The molecule has 15 heavy (non-hydrogen) atoms. The Hall–Kier alpha value is -1.40. The van der Waals surface area contributed by atoms with E-state index in [2.05, 4.69) is 11.2 Å². The topological polar surface area (TPSA) is 12.0 Å². The van der Waals surface area contributed by atoms with Crippen molar-refractivity contribution >= 4 is 0 Å². The van der Waals surface area contributed by atoms with Gasteiger partial charge in [-0.25, -0.2) is 8.78 Å². The molecule has 0 bridgehead atoms. The van der Waals surface area contributed by atoms with Crippen LogP contribution in [-0.2, 0) is 6.42 Å². The Morgan fingerprint density at radius 1 is 1.47 bits per heavy atom. The lowest BCUT2D eigenvalue weighted by Gasteiger charge is -2.13. The summed E-state index contributed by atoms with van der Waals surface area (Å²) in [5, 5.41) is 2.99. The molecule has 0 saturated carbocycles. The summed E-state index contributed by atoms with van der Waals surface area (Å²) in [6.45, 7) is 0. The van der Waals surface area contributed by atoms with Gasteiger partial charge >= 0.3 is 0 Å². The summed E-state index contributed by atoms with van der Waals surface area (Å²) in [6.07, 6.45) is 6.16. The maximum absolute atomic E-state index is 13.3.